The Hall–Kier alpha value is -0.570. The molecule has 0 aromatic rings. The van der Waals surface area contributed by atoms with Crippen LogP contribution in [0.3, 0.4) is 0 Å². The molecule has 0 radical (unpaired) electrons. The maximum absolute atomic E-state index is 11.1. The molecule has 72 valence electrons. The van der Waals surface area contributed by atoms with Crippen molar-refractivity contribution in [3.63, 3.8) is 0 Å². The molecule has 1 saturated heterocycles. The van der Waals surface area contributed by atoms with Gasteiger partial charge in [-0.15, -0.1) is 0 Å². The second-order valence-corrected chi connectivity index (χ2v) is 2.60. The van der Waals surface area contributed by atoms with E-state index in [0.717, 1.165) is 19.4 Å². The number of carbonyl (C=O) groups is 1. The molecule has 0 amide bonds. The van der Waals surface area contributed by atoms with Gasteiger partial charge in [-0.25, -0.2) is 0 Å². The molecule has 1 aliphatic heterocycles. The van der Waals surface area contributed by atoms with Crippen LogP contribution >= 0.6 is 0 Å². The Morgan fingerprint density at radius 2 is 2.08 bits per heavy atom. The third kappa shape index (κ3) is 1.97. The number of hydrogen-bond acceptors (Lipinski definition) is 3. The van der Waals surface area contributed by atoms with Crippen molar-refractivity contribution in [2.75, 3.05) is 13.7 Å². The molecule has 1 atom stereocenters. The predicted molar refractivity (Wildman–Crippen MR) is 49.0 cm³/mol. The van der Waals surface area contributed by atoms with Crippen molar-refractivity contribution in [1.82, 2.24) is 5.32 Å². The SMILES string of the molecule is CC.CCC1(C(=O)OC)CCN1. The summed E-state index contributed by atoms with van der Waals surface area (Å²) in [6, 6.07) is 0. The van der Waals surface area contributed by atoms with Gasteiger partial charge < -0.3 is 10.1 Å². The van der Waals surface area contributed by atoms with E-state index in [4.69, 9.17) is 0 Å². The number of nitrogens with one attached hydrogen (secondary N) is 1. The van der Waals surface area contributed by atoms with Gasteiger partial charge in [0.2, 0.25) is 0 Å². The molecular weight excluding hydrogens is 154 g/mol. The Labute approximate surface area is 74.5 Å². The van der Waals surface area contributed by atoms with E-state index < -0.39 is 0 Å². The highest BCUT2D eigenvalue weighted by molar-refractivity contribution is 5.81. The number of hydrogen-bond donors (Lipinski definition) is 1. The third-order valence-corrected chi connectivity index (χ3v) is 2.19. The van der Waals surface area contributed by atoms with Crippen LogP contribution in [-0.2, 0) is 9.53 Å². The maximum atomic E-state index is 11.1. The van der Waals surface area contributed by atoms with Crippen LogP contribution in [0.4, 0.5) is 0 Å². The van der Waals surface area contributed by atoms with Crippen LogP contribution in [0, 0.1) is 0 Å². The zero-order valence-electron chi connectivity index (χ0n) is 8.44. The van der Waals surface area contributed by atoms with Crippen LogP contribution in [0.2, 0.25) is 0 Å². The summed E-state index contributed by atoms with van der Waals surface area (Å²) >= 11 is 0. The monoisotopic (exact) mass is 173 g/mol. The van der Waals surface area contributed by atoms with E-state index in [1.165, 1.54) is 7.11 Å². The average molecular weight is 173 g/mol. The molecule has 0 aliphatic carbocycles. The first-order valence-corrected chi connectivity index (χ1v) is 4.58. The lowest BCUT2D eigenvalue weighted by Gasteiger charge is -2.39. The van der Waals surface area contributed by atoms with Gasteiger partial charge in [-0.3, -0.25) is 4.79 Å². The molecule has 1 N–H and O–H groups in total. The van der Waals surface area contributed by atoms with Crippen molar-refractivity contribution in [3.05, 3.63) is 0 Å². The molecule has 12 heavy (non-hydrogen) atoms. The molecule has 0 aromatic heterocycles. The topological polar surface area (TPSA) is 38.3 Å². The number of esters is 1. The van der Waals surface area contributed by atoms with E-state index in [0.29, 0.717) is 0 Å². The van der Waals surface area contributed by atoms with E-state index in [1.54, 1.807) is 0 Å². The highest BCUT2D eigenvalue weighted by atomic mass is 16.5. The summed E-state index contributed by atoms with van der Waals surface area (Å²) in [4.78, 5) is 11.1. The first-order valence-electron chi connectivity index (χ1n) is 4.58. The molecule has 1 fully saturated rings. The zero-order chi connectivity index (χ0) is 9.61. The zero-order valence-corrected chi connectivity index (χ0v) is 8.44. The van der Waals surface area contributed by atoms with Crippen molar-refractivity contribution in [3.8, 4) is 0 Å². The van der Waals surface area contributed by atoms with E-state index in [2.05, 4.69) is 10.1 Å². The largest absolute Gasteiger partial charge is 0.468 e. The second kappa shape index (κ2) is 5.14. The van der Waals surface area contributed by atoms with Gasteiger partial charge in [-0.05, 0) is 19.4 Å². The van der Waals surface area contributed by atoms with Gasteiger partial charge in [0.25, 0.3) is 0 Å². The fourth-order valence-electron chi connectivity index (χ4n) is 1.24. The van der Waals surface area contributed by atoms with E-state index in [9.17, 15) is 4.79 Å². The van der Waals surface area contributed by atoms with Crippen LogP contribution in [0.1, 0.15) is 33.6 Å². The Morgan fingerprint density at radius 1 is 1.58 bits per heavy atom. The van der Waals surface area contributed by atoms with Crippen molar-refractivity contribution < 1.29 is 9.53 Å². The summed E-state index contributed by atoms with van der Waals surface area (Å²) in [6.07, 6.45) is 1.73. The standard InChI is InChI=1S/C7H13NO2.C2H6/c1-3-7(4-5-8-7)6(9)10-2;1-2/h8H,3-5H2,1-2H3;1-2H3. The molecule has 0 saturated carbocycles. The Morgan fingerprint density at radius 3 is 2.17 bits per heavy atom. The molecular formula is C9H19NO2. The highest BCUT2D eigenvalue weighted by Gasteiger charge is 2.42. The minimum atomic E-state index is -0.339. The van der Waals surface area contributed by atoms with Gasteiger partial charge in [0, 0.05) is 0 Å². The molecule has 0 bridgehead atoms. The number of rotatable bonds is 2. The van der Waals surface area contributed by atoms with Crippen LogP contribution in [0.5, 0.6) is 0 Å². The van der Waals surface area contributed by atoms with Gasteiger partial charge in [-0.2, -0.15) is 0 Å². The van der Waals surface area contributed by atoms with Crippen LogP contribution < -0.4 is 5.32 Å². The van der Waals surface area contributed by atoms with Gasteiger partial charge in [0.05, 0.1) is 7.11 Å². The lowest BCUT2D eigenvalue weighted by Crippen LogP contribution is -2.62. The number of ether oxygens (including phenoxy) is 1. The van der Waals surface area contributed by atoms with Crippen molar-refractivity contribution >= 4 is 5.97 Å². The lowest BCUT2D eigenvalue weighted by atomic mass is 9.85. The van der Waals surface area contributed by atoms with Gasteiger partial charge >= 0.3 is 5.97 Å². The summed E-state index contributed by atoms with van der Waals surface area (Å²) in [7, 11) is 1.43. The maximum Gasteiger partial charge on any atom is 0.326 e. The smallest absolute Gasteiger partial charge is 0.326 e. The van der Waals surface area contributed by atoms with E-state index in [1.807, 2.05) is 20.8 Å². The first kappa shape index (κ1) is 11.4. The molecule has 0 aromatic carbocycles. The molecule has 1 heterocycles. The number of methoxy groups -OCH3 is 1. The first-order chi connectivity index (χ1) is 5.75. The normalized spacial score (nSPS) is 26.3. The summed E-state index contributed by atoms with van der Waals surface area (Å²) in [5, 5.41) is 3.08. The Kier molecular flexibility index (Phi) is 4.90. The predicted octanol–water partition coefficient (Wildman–Crippen LogP) is 1.33. The quantitative estimate of drug-likeness (QED) is 0.640. The van der Waals surface area contributed by atoms with Crippen molar-refractivity contribution in [2.45, 2.75) is 39.2 Å². The summed E-state index contributed by atoms with van der Waals surface area (Å²) in [5.41, 5.74) is -0.339. The number of carbonyl (C=O) groups excluding carboxylic acids is 1. The summed E-state index contributed by atoms with van der Waals surface area (Å²) in [6.45, 7) is 6.92. The minimum absolute atomic E-state index is 0.124. The van der Waals surface area contributed by atoms with Gasteiger partial charge in [-0.1, -0.05) is 20.8 Å². The Balaban J connectivity index is 0.000000561. The van der Waals surface area contributed by atoms with Gasteiger partial charge in [0.15, 0.2) is 0 Å². The molecule has 0 spiro atoms. The average Bonchev–Trinajstić information content (AvgIpc) is 2.07. The Bertz CT molecular complexity index is 136. The highest BCUT2D eigenvalue weighted by Crippen LogP contribution is 2.23. The van der Waals surface area contributed by atoms with E-state index >= 15 is 0 Å². The molecule has 3 nitrogen and oxygen atoms in total. The van der Waals surface area contributed by atoms with Crippen LogP contribution in [0.15, 0.2) is 0 Å². The van der Waals surface area contributed by atoms with Crippen LogP contribution in [-0.4, -0.2) is 25.2 Å². The molecule has 3 heteroatoms. The van der Waals surface area contributed by atoms with Gasteiger partial charge in [0.1, 0.15) is 5.54 Å². The molecule has 1 aliphatic rings. The fourth-order valence-corrected chi connectivity index (χ4v) is 1.24. The van der Waals surface area contributed by atoms with Crippen molar-refractivity contribution in [2.24, 2.45) is 0 Å². The third-order valence-electron chi connectivity index (χ3n) is 2.19. The van der Waals surface area contributed by atoms with Crippen LogP contribution in [0.25, 0.3) is 0 Å². The summed E-state index contributed by atoms with van der Waals surface area (Å²) in [5.74, 6) is -0.124. The summed E-state index contributed by atoms with van der Waals surface area (Å²) < 4.78 is 4.65. The molecule has 1 rings (SSSR count). The second-order valence-electron chi connectivity index (χ2n) is 2.60. The molecule has 1 unspecified atom stereocenters. The van der Waals surface area contributed by atoms with Crippen molar-refractivity contribution in [1.29, 1.82) is 0 Å². The fraction of sp³-hybridized carbons (Fsp3) is 0.889. The van der Waals surface area contributed by atoms with E-state index in [-0.39, 0.29) is 11.5 Å². The lowest BCUT2D eigenvalue weighted by molar-refractivity contribution is -0.152. The minimum Gasteiger partial charge on any atom is -0.468 e.